The zero-order chi connectivity index (χ0) is 19.5. The monoisotopic (exact) mass is 391 g/mol. The van der Waals surface area contributed by atoms with Crippen molar-refractivity contribution < 1.29 is 22.7 Å². The first-order valence-electron chi connectivity index (χ1n) is 9.29. The molecule has 1 saturated carbocycles. The zero-order valence-corrected chi connectivity index (χ0v) is 16.5. The SMILES string of the molecule is CCOC(=O)C1(NS(=O)(=O)c2ccc(OCC)c3ccccc23)CCCC1. The number of sulfonamides is 1. The van der Waals surface area contributed by atoms with Crippen molar-refractivity contribution in [3.63, 3.8) is 0 Å². The first kappa shape index (κ1) is 19.6. The van der Waals surface area contributed by atoms with Crippen LogP contribution in [0.15, 0.2) is 41.3 Å². The van der Waals surface area contributed by atoms with Gasteiger partial charge in [-0.1, -0.05) is 37.1 Å². The number of benzene rings is 2. The molecule has 0 amide bonds. The first-order valence-corrected chi connectivity index (χ1v) is 10.8. The van der Waals surface area contributed by atoms with Crippen molar-refractivity contribution in [2.45, 2.75) is 50.0 Å². The number of nitrogens with one attached hydrogen (secondary N) is 1. The second-order valence-electron chi connectivity index (χ2n) is 6.66. The van der Waals surface area contributed by atoms with E-state index >= 15 is 0 Å². The predicted octanol–water partition coefficient (Wildman–Crippen LogP) is 3.39. The van der Waals surface area contributed by atoms with Crippen molar-refractivity contribution in [3.8, 4) is 5.75 Å². The number of hydrogen-bond donors (Lipinski definition) is 1. The fourth-order valence-corrected chi connectivity index (χ4v) is 5.29. The van der Waals surface area contributed by atoms with E-state index < -0.39 is 21.5 Å². The average Bonchev–Trinajstić information content (AvgIpc) is 3.11. The summed E-state index contributed by atoms with van der Waals surface area (Å²) in [7, 11) is -3.93. The Labute approximate surface area is 159 Å². The molecule has 1 aliphatic carbocycles. The van der Waals surface area contributed by atoms with Crippen LogP contribution in [0, 0.1) is 0 Å². The normalized spacial score (nSPS) is 16.4. The molecule has 2 aromatic rings. The van der Waals surface area contributed by atoms with Gasteiger partial charge in [0.2, 0.25) is 10.0 Å². The maximum absolute atomic E-state index is 13.2. The van der Waals surface area contributed by atoms with Gasteiger partial charge < -0.3 is 9.47 Å². The molecule has 0 radical (unpaired) electrons. The van der Waals surface area contributed by atoms with Crippen LogP contribution in [0.2, 0.25) is 0 Å². The molecule has 3 rings (SSSR count). The summed E-state index contributed by atoms with van der Waals surface area (Å²) in [6.45, 7) is 4.30. The van der Waals surface area contributed by atoms with Gasteiger partial charge in [0.15, 0.2) is 0 Å². The molecule has 0 aromatic heterocycles. The van der Waals surface area contributed by atoms with E-state index in [1.807, 2.05) is 19.1 Å². The van der Waals surface area contributed by atoms with E-state index in [1.54, 1.807) is 25.1 Å². The van der Waals surface area contributed by atoms with Gasteiger partial charge in [0, 0.05) is 10.8 Å². The van der Waals surface area contributed by atoms with Crippen LogP contribution in [0.1, 0.15) is 39.5 Å². The van der Waals surface area contributed by atoms with Crippen LogP contribution in [0.25, 0.3) is 10.8 Å². The minimum atomic E-state index is -3.93. The molecule has 0 saturated heterocycles. The van der Waals surface area contributed by atoms with Gasteiger partial charge in [0.05, 0.1) is 18.1 Å². The minimum absolute atomic E-state index is 0.136. The Kier molecular flexibility index (Phi) is 5.72. The third-order valence-corrected chi connectivity index (χ3v) is 6.48. The Bertz CT molecular complexity index is 933. The van der Waals surface area contributed by atoms with E-state index in [9.17, 15) is 13.2 Å². The van der Waals surface area contributed by atoms with Crippen molar-refractivity contribution in [1.29, 1.82) is 0 Å². The number of hydrogen-bond acceptors (Lipinski definition) is 5. The molecule has 6 nitrogen and oxygen atoms in total. The first-order chi connectivity index (χ1) is 12.9. The lowest BCUT2D eigenvalue weighted by Gasteiger charge is -2.27. The third-order valence-electron chi connectivity index (χ3n) is 4.89. The van der Waals surface area contributed by atoms with Gasteiger partial charge in [0.1, 0.15) is 11.3 Å². The van der Waals surface area contributed by atoms with Crippen molar-refractivity contribution in [2.24, 2.45) is 0 Å². The van der Waals surface area contributed by atoms with Gasteiger partial charge in [0.25, 0.3) is 0 Å². The summed E-state index contributed by atoms with van der Waals surface area (Å²) in [5.41, 5.74) is -1.19. The summed E-state index contributed by atoms with van der Waals surface area (Å²) in [6, 6.07) is 10.4. The lowest BCUT2D eigenvalue weighted by molar-refractivity contribution is -0.150. The lowest BCUT2D eigenvalue weighted by atomic mass is 10.00. The Morgan fingerprint density at radius 1 is 1.04 bits per heavy atom. The summed E-state index contributed by atoms with van der Waals surface area (Å²) in [5.74, 6) is 0.134. The lowest BCUT2D eigenvalue weighted by Crippen LogP contribution is -2.53. The molecule has 1 N–H and O–H groups in total. The molecule has 1 fully saturated rings. The highest BCUT2D eigenvalue weighted by atomic mass is 32.2. The van der Waals surface area contributed by atoms with Crippen LogP contribution in [0.5, 0.6) is 5.75 Å². The summed E-state index contributed by atoms with van der Waals surface area (Å²) in [6.07, 6.45) is 2.46. The van der Waals surface area contributed by atoms with E-state index in [1.165, 1.54) is 6.07 Å². The largest absolute Gasteiger partial charge is 0.493 e. The van der Waals surface area contributed by atoms with E-state index in [0.29, 0.717) is 30.6 Å². The van der Waals surface area contributed by atoms with Gasteiger partial charge in [-0.2, -0.15) is 4.72 Å². The molecule has 1 aliphatic rings. The van der Waals surface area contributed by atoms with E-state index in [4.69, 9.17) is 9.47 Å². The Morgan fingerprint density at radius 2 is 1.70 bits per heavy atom. The minimum Gasteiger partial charge on any atom is -0.493 e. The van der Waals surface area contributed by atoms with E-state index in [2.05, 4.69) is 4.72 Å². The average molecular weight is 391 g/mol. The molecule has 0 spiro atoms. The highest BCUT2D eigenvalue weighted by Gasteiger charge is 2.46. The molecule has 0 atom stereocenters. The molecular formula is C20H25NO5S. The fourth-order valence-electron chi connectivity index (χ4n) is 3.67. The molecule has 0 bridgehead atoms. The molecule has 146 valence electrons. The zero-order valence-electron chi connectivity index (χ0n) is 15.7. The Morgan fingerprint density at radius 3 is 2.33 bits per heavy atom. The van der Waals surface area contributed by atoms with E-state index in [-0.39, 0.29) is 11.5 Å². The third kappa shape index (κ3) is 3.80. The van der Waals surface area contributed by atoms with Gasteiger partial charge >= 0.3 is 5.97 Å². The number of esters is 1. The maximum Gasteiger partial charge on any atom is 0.327 e. The Balaban J connectivity index is 2.05. The van der Waals surface area contributed by atoms with Gasteiger partial charge in [-0.25, -0.2) is 8.42 Å². The summed E-state index contributed by atoms with van der Waals surface area (Å²) in [5, 5.41) is 1.28. The van der Waals surface area contributed by atoms with Crippen LogP contribution in [0.3, 0.4) is 0 Å². The number of rotatable bonds is 7. The van der Waals surface area contributed by atoms with Crippen LogP contribution < -0.4 is 9.46 Å². The maximum atomic E-state index is 13.2. The standard InChI is InChI=1S/C20H25NO5S/c1-3-25-17-11-12-18(16-10-6-5-9-15(16)17)27(23,24)21-20(13-7-8-14-20)19(22)26-4-2/h5-6,9-12,21H,3-4,7-8,13-14H2,1-2H3. The molecule has 2 aromatic carbocycles. The number of fused-ring (bicyclic) bond motifs is 1. The predicted molar refractivity (Wildman–Crippen MR) is 103 cm³/mol. The molecule has 0 aliphatic heterocycles. The second kappa shape index (κ2) is 7.86. The molecule has 0 heterocycles. The van der Waals surface area contributed by atoms with Gasteiger partial charge in [-0.3, -0.25) is 4.79 Å². The summed E-state index contributed by atoms with van der Waals surface area (Å²) < 4.78 is 39.9. The number of carbonyl (C=O) groups is 1. The van der Waals surface area contributed by atoms with Crippen molar-refractivity contribution in [3.05, 3.63) is 36.4 Å². The number of carbonyl (C=O) groups excluding carboxylic acids is 1. The van der Waals surface area contributed by atoms with Crippen molar-refractivity contribution >= 4 is 26.8 Å². The quantitative estimate of drug-likeness (QED) is 0.732. The van der Waals surface area contributed by atoms with Crippen molar-refractivity contribution in [2.75, 3.05) is 13.2 Å². The number of ether oxygens (including phenoxy) is 2. The molecular weight excluding hydrogens is 366 g/mol. The van der Waals surface area contributed by atoms with Crippen LogP contribution in [0.4, 0.5) is 0 Å². The molecule has 7 heteroatoms. The highest BCUT2D eigenvalue weighted by Crippen LogP contribution is 2.35. The highest BCUT2D eigenvalue weighted by molar-refractivity contribution is 7.89. The smallest absolute Gasteiger partial charge is 0.327 e. The van der Waals surface area contributed by atoms with Crippen molar-refractivity contribution in [1.82, 2.24) is 4.72 Å². The van der Waals surface area contributed by atoms with Crippen LogP contribution >= 0.6 is 0 Å². The van der Waals surface area contributed by atoms with E-state index in [0.717, 1.165) is 18.2 Å². The fraction of sp³-hybridized carbons (Fsp3) is 0.450. The van der Waals surface area contributed by atoms with Crippen LogP contribution in [-0.2, 0) is 19.6 Å². The summed E-state index contributed by atoms with van der Waals surface area (Å²) in [4.78, 5) is 12.6. The topological polar surface area (TPSA) is 81.7 Å². The Hall–Kier alpha value is -2.12. The molecule has 27 heavy (non-hydrogen) atoms. The van der Waals surface area contributed by atoms with Crippen LogP contribution in [-0.4, -0.2) is 33.1 Å². The second-order valence-corrected chi connectivity index (χ2v) is 8.31. The molecule has 0 unspecified atom stereocenters. The summed E-state index contributed by atoms with van der Waals surface area (Å²) >= 11 is 0. The van der Waals surface area contributed by atoms with Gasteiger partial charge in [-0.05, 0) is 38.8 Å². The van der Waals surface area contributed by atoms with Gasteiger partial charge in [-0.15, -0.1) is 0 Å².